The van der Waals surface area contributed by atoms with Crippen LogP contribution in [-0.2, 0) is 26.6 Å². The Morgan fingerprint density at radius 1 is 1.33 bits per heavy atom. The first-order valence-corrected chi connectivity index (χ1v) is 4.62. The van der Waals surface area contributed by atoms with Crippen molar-refractivity contribution in [2.75, 3.05) is 6.61 Å². The second kappa shape index (κ2) is 16.2. The summed E-state index contributed by atoms with van der Waals surface area (Å²) in [4.78, 5) is 10.4. The fourth-order valence-electron chi connectivity index (χ4n) is 0.342. The van der Waals surface area contributed by atoms with Crippen molar-refractivity contribution in [1.29, 1.82) is 0 Å². The van der Waals surface area contributed by atoms with E-state index in [0.29, 0.717) is 13.0 Å². The second-order valence-electron chi connectivity index (χ2n) is 2.70. The van der Waals surface area contributed by atoms with Crippen molar-refractivity contribution in [3.8, 4) is 0 Å². The van der Waals surface area contributed by atoms with E-state index in [0.717, 1.165) is 18.9 Å². The molecule has 2 nitrogen and oxygen atoms in total. The minimum atomic E-state index is -0.401. The van der Waals surface area contributed by atoms with E-state index in [-0.39, 0.29) is 23.0 Å². The average Bonchev–Trinajstić information content (AvgIpc) is 2.25. The van der Waals surface area contributed by atoms with Crippen molar-refractivity contribution in [2.45, 2.75) is 19.3 Å². The zero-order valence-electron chi connectivity index (χ0n) is 9.19. The van der Waals surface area contributed by atoms with Gasteiger partial charge in [0.15, 0.2) is 0 Å². The van der Waals surface area contributed by atoms with E-state index in [1.807, 2.05) is 0 Å². The van der Waals surface area contributed by atoms with Gasteiger partial charge in [0.05, 0.1) is 6.61 Å². The molecule has 0 fully saturated rings. The van der Waals surface area contributed by atoms with Gasteiger partial charge in [0.2, 0.25) is 0 Å². The van der Waals surface area contributed by atoms with Crippen LogP contribution in [0.1, 0.15) is 19.3 Å². The van der Waals surface area contributed by atoms with Crippen LogP contribution in [-0.4, -0.2) is 12.6 Å². The maximum atomic E-state index is 10.4. The van der Waals surface area contributed by atoms with Crippen LogP contribution >= 0.6 is 0 Å². The number of esters is 1. The van der Waals surface area contributed by atoms with Gasteiger partial charge in [-0.15, -0.1) is 0 Å². The van der Waals surface area contributed by atoms with Crippen LogP contribution in [0.2, 0.25) is 0 Å². The summed E-state index contributed by atoms with van der Waals surface area (Å²) in [5, 5.41) is 0. The molecule has 0 N–H and O–H groups in total. The molecule has 0 aromatic rings. The first kappa shape index (κ1) is 20.2. The molecule has 88 valence electrons. The third kappa shape index (κ3) is 20.0. The van der Waals surface area contributed by atoms with E-state index in [4.69, 9.17) is 0 Å². The van der Waals surface area contributed by atoms with Crippen molar-refractivity contribution >= 4 is 5.97 Å². The Bertz CT molecular complexity index is 145. The second-order valence-corrected chi connectivity index (χ2v) is 2.70. The summed E-state index contributed by atoms with van der Waals surface area (Å²) in [7, 11) is 0. The summed E-state index contributed by atoms with van der Waals surface area (Å²) >= 11 is 0. The van der Waals surface area contributed by atoms with E-state index in [2.05, 4.69) is 39.0 Å². The van der Waals surface area contributed by atoms with E-state index < -0.39 is 5.97 Å². The SMILES string of the molecule is C=CC(=O)OCC([CH2-])C[CH2-].[CH2-]CC[CH2-].[Fe+4]. The Morgan fingerprint density at radius 2 is 1.80 bits per heavy atom. The number of hydrogen-bond acceptors (Lipinski definition) is 2. The molecule has 0 aliphatic heterocycles. The van der Waals surface area contributed by atoms with Gasteiger partial charge in [0.1, 0.15) is 0 Å². The predicted octanol–water partition coefficient (Wildman–Crippen LogP) is 2.82. The molecule has 0 heterocycles. The summed E-state index contributed by atoms with van der Waals surface area (Å²) < 4.78 is 4.68. The first-order chi connectivity index (χ1) is 6.62. The van der Waals surface area contributed by atoms with Crippen LogP contribution in [0, 0.1) is 33.6 Å². The molecule has 0 aromatic heterocycles. The van der Waals surface area contributed by atoms with E-state index in [9.17, 15) is 4.79 Å². The zero-order valence-corrected chi connectivity index (χ0v) is 10.3. The van der Waals surface area contributed by atoms with Gasteiger partial charge in [-0.3, -0.25) is 0 Å². The minimum absolute atomic E-state index is 0. The van der Waals surface area contributed by atoms with Crippen LogP contribution in [0.15, 0.2) is 12.7 Å². The molecule has 0 saturated carbocycles. The van der Waals surface area contributed by atoms with Crippen LogP contribution in [0.3, 0.4) is 0 Å². The normalized spacial score (nSPS) is 10.1. The third-order valence-corrected chi connectivity index (χ3v) is 1.29. The molecule has 1 atom stereocenters. The molecule has 0 aliphatic rings. The van der Waals surface area contributed by atoms with E-state index in [1.54, 1.807) is 0 Å². The minimum Gasteiger partial charge on any atom is -0.465 e. The van der Waals surface area contributed by atoms with Gasteiger partial charge in [-0.2, -0.15) is 5.92 Å². The quantitative estimate of drug-likeness (QED) is 0.325. The largest absolute Gasteiger partial charge is 4.00 e. The summed E-state index contributed by atoms with van der Waals surface area (Å²) in [6.07, 6.45) is 3.72. The van der Waals surface area contributed by atoms with Crippen LogP contribution in [0.25, 0.3) is 0 Å². The number of hydrogen-bond donors (Lipinski definition) is 0. The molecule has 0 radical (unpaired) electrons. The van der Waals surface area contributed by atoms with Gasteiger partial charge in [-0.1, -0.05) is 6.58 Å². The predicted molar refractivity (Wildman–Crippen MR) is 59.9 cm³/mol. The van der Waals surface area contributed by atoms with Crippen molar-refractivity contribution in [3.05, 3.63) is 40.3 Å². The average molecular weight is 252 g/mol. The number of carbonyl (C=O) groups excluding carboxylic acids is 1. The van der Waals surface area contributed by atoms with Gasteiger partial charge < -0.3 is 32.4 Å². The van der Waals surface area contributed by atoms with Gasteiger partial charge in [-0.25, -0.2) is 24.1 Å². The van der Waals surface area contributed by atoms with Gasteiger partial charge in [0, 0.05) is 6.08 Å². The summed E-state index contributed by atoms with van der Waals surface area (Å²) in [6, 6.07) is 0. The van der Waals surface area contributed by atoms with Crippen LogP contribution in [0.4, 0.5) is 0 Å². The van der Waals surface area contributed by atoms with Crippen LogP contribution in [0.5, 0.6) is 0 Å². The number of rotatable bonds is 5. The Kier molecular flexibility index (Phi) is 21.8. The fourth-order valence-corrected chi connectivity index (χ4v) is 0.342. The molecule has 0 bridgehead atoms. The van der Waals surface area contributed by atoms with Crippen LogP contribution < -0.4 is 0 Å². The first-order valence-electron chi connectivity index (χ1n) is 4.62. The van der Waals surface area contributed by atoms with Crippen molar-refractivity contribution in [1.82, 2.24) is 0 Å². The fraction of sp³-hybridized carbons (Fsp3) is 0.417. The molecule has 0 aliphatic carbocycles. The topological polar surface area (TPSA) is 26.3 Å². The molecule has 15 heavy (non-hydrogen) atoms. The Balaban J connectivity index is -0.000000249. The molecular weight excluding hydrogens is 232 g/mol. The zero-order chi connectivity index (χ0) is 11.4. The van der Waals surface area contributed by atoms with Gasteiger partial charge in [0.25, 0.3) is 0 Å². The molecule has 0 aromatic carbocycles. The Hall–Kier alpha value is -0.271. The Morgan fingerprint density at radius 3 is 2.07 bits per heavy atom. The number of ether oxygens (including phenoxy) is 1. The van der Waals surface area contributed by atoms with Crippen molar-refractivity contribution in [3.63, 3.8) is 0 Å². The van der Waals surface area contributed by atoms with E-state index in [1.165, 1.54) is 0 Å². The van der Waals surface area contributed by atoms with Gasteiger partial charge >= 0.3 is 23.0 Å². The molecule has 0 rings (SSSR count). The Labute approximate surface area is 105 Å². The third-order valence-electron chi connectivity index (χ3n) is 1.29. The molecular formula is C12H20FeO2. The molecule has 0 spiro atoms. The van der Waals surface area contributed by atoms with Gasteiger partial charge in [-0.05, 0) is 0 Å². The molecule has 0 saturated heterocycles. The summed E-state index contributed by atoms with van der Waals surface area (Å²) in [5.41, 5.74) is 0. The maximum Gasteiger partial charge on any atom is 4.00 e. The number of unbranched alkanes of at least 4 members (excludes halogenated alkanes) is 1. The van der Waals surface area contributed by atoms with E-state index >= 15 is 0 Å². The van der Waals surface area contributed by atoms with Crippen molar-refractivity contribution < 1.29 is 26.6 Å². The monoisotopic (exact) mass is 252 g/mol. The maximum absolute atomic E-state index is 10.4. The number of carbonyl (C=O) groups is 1. The smallest absolute Gasteiger partial charge is 0.465 e. The molecule has 0 amide bonds. The summed E-state index contributed by atoms with van der Waals surface area (Å²) in [6.45, 7) is 18.0. The molecule has 3 heteroatoms. The standard InChI is InChI=1S/C8H12O2.C4H8.Fe/c1-4-7(3)6-10-8(9)5-2;1-3-4-2;/h5,7H,1-4,6H2;1-4H2;/q2*-2;+4. The molecule has 1 unspecified atom stereocenters. The van der Waals surface area contributed by atoms with Crippen molar-refractivity contribution in [2.24, 2.45) is 5.92 Å². The summed E-state index contributed by atoms with van der Waals surface area (Å²) in [5.74, 6) is -0.314.